The van der Waals surface area contributed by atoms with Crippen LogP contribution in [-0.2, 0) is 37.5 Å². The molecule has 0 bridgehead atoms. The standard InChI is InChI=1S/C5H8O8S2/c6-14(7)10-1-4(2-11-14)5-3-12-15(8,9)13-5/h4-5H,1-3H2. The molecule has 0 saturated carbocycles. The minimum Gasteiger partial charge on any atom is -0.248 e. The van der Waals surface area contributed by atoms with Gasteiger partial charge in [-0.2, -0.15) is 16.8 Å². The molecule has 0 aliphatic carbocycles. The second-order valence-electron chi connectivity index (χ2n) is 3.06. The first-order chi connectivity index (χ1) is 6.88. The normalized spacial score (nSPS) is 35.3. The Hall–Kier alpha value is -0.260. The van der Waals surface area contributed by atoms with E-state index in [1.165, 1.54) is 0 Å². The van der Waals surface area contributed by atoms with Crippen molar-refractivity contribution in [2.24, 2.45) is 5.92 Å². The fraction of sp³-hybridized carbons (Fsp3) is 1.00. The first kappa shape index (κ1) is 11.2. The Kier molecular flexibility index (Phi) is 2.73. The van der Waals surface area contributed by atoms with Gasteiger partial charge in [0.15, 0.2) is 0 Å². The molecule has 0 amide bonds. The van der Waals surface area contributed by atoms with Gasteiger partial charge in [0.25, 0.3) is 0 Å². The Balaban J connectivity index is 1.98. The lowest BCUT2D eigenvalue weighted by molar-refractivity contribution is 0.0364. The van der Waals surface area contributed by atoms with Gasteiger partial charge in [-0.05, 0) is 0 Å². The third-order valence-electron chi connectivity index (χ3n) is 2.00. The van der Waals surface area contributed by atoms with Crippen LogP contribution >= 0.6 is 0 Å². The average Bonchev–Trinajstić information content (AvgIpc) is 2.46. The Morgan fingerprint density at radius 2 is 1.33 bits per heavy atom. The van der Waals surface area contributed by atoms with Crippen molar-refractivity contribution >= 4 is 20.8 Å². The van der Waals surface area contributed by atoms with Crippen molar-refractivity contribution in [3.05, 3.63) is 0 Å². The summed E-state index contributed by atoms with van der Waals surface area (Å²) in [5.41, 5.74) is 0. The summed E-state index contributed by atoms with van der Waals surface area (Å²) < 4.78 is 60.6. The predicted octanol–water partition coefficient (Wildman–Crippen LogP) is -1.45. The van der Waals surface area contributed by atoms with E-state index in [0.29, 0.717) is 0 Å². The van der Waals surface area contributed by atoms with E-state index < -0.39 is 32.8 Å². The molecule has 1 atom stereocenters. The van der Waals surface area contributed by atoms with Gasteiger partial charge < -0.3 is 0 Å². The summed E-state index contributed by atoms with van der Waals surface area (Å²) in [6.45, 7) is -0.502. The molecule has 2 fully saturated rings. The molecule has 10 heteroatoms. The fourth-order valence-electron chi connectivity index (χ4n) is 1.21. The zero-order valence-electron chi connectivity index (χ0n) is 7.36. The van der Waals surface area contributed by atoms with Gasteiger partial charge in [0.2, 0.25) is 0 Å². The zero-order valence-corrected chi connectivity index (χ0v) is 8.99. The molecule has 1 unspecified atom stereocenters. The summed E-state index contributed by atoms with van der Waals surface area (Å²) in [4.78, 5) is 0. The molecular formula is C5H8O8S2. The molecule has 8 nitrogen and oxygen atoms in total. The Labute approximate surface area is 86.7 Å². The van der Waals surface area contributed by atoms with Crippen molar-refractivity contribution in [1.82, 2.24) is 0 Å². The molecule has 2 aliphatic heterocycles. The van der Waals surface area contributed by atoms with Crippen molar-refractivity contribution in [3.63, 3.8) is 0 Å². The third kappa shape index (κ3) is 2.65. The molecule has 2 aliphatic rings. The van der Waals surface area contributed by atoms with Crippen LogP contribution in [0.1, 0.15) is 0 Å². The lowest BCUT2D eigenvalue weighted by Crippen LogP contribution is -2.37. The lowest BCUT2D eigenvalue weighted by Gasteiger charge is -2.23. The quantitative estimate of drug-likeness (QED) is 0.564. The summed E-state index contributed by atoms with van der Waals surface area (Å²) in [6, 6.07) is 0. The van der Waals surface area contributed by atoms with Crippen LogP contribution in [0.2, 0.25) is 0 Å². The van der Waals surface area contributed by atoms with Crippen LogP contribution in [0.4, 0.5) is 0 Å². The molecule has 0 radical (unpaired) electrons. The highest BCUT2D eigenvalue weighted by molar-refractivity contribution is 7.82. The van der Waals surface area contributed by atoms with Gasteiger partial charge >= 0.3 is 20.8 Å². The van der Waals surface area contributed by atoms with Crippen LogP contribution in [0.5, 0.6) is 0 Å². The summed E-state index contributed by atoms with van der Waals surface area (Å²) in [7, 11) is -7.85. The molecule has 88 valence electrons. The minimum atomic E-state index is -3.93. The molecule has 2 rings (SSSR count). The van der Waals surface area contributed by atoms with E-state index in [-0.39, 0.29) is 19.8 Å². The highest BCUT2D eigenvalue weighted by Gasteiger charge is 2.39. The summed E-state index contributed by atoms with van der Waals surface area (Å²) >= 11 is 0. The van der Waals surface area contributed by atoms with Crippen molar-refractivity contribution in [2.75, 3.05) is 19.8 Å². The Morgan fingerprint density at radius 3 is 1.80 bits per heavy atom. The third-order valence-corrected chi connectivity index (χ3v) is 3.75. The first-order valence-corrected chi connectivity index (χ1v) is 6.66. The second kappa shape index (κ2) is 3.64. The van der Waals surface area contributed by atoms with E-state index in [1.807, 2.05) is 0 Å². The summed E-state index contributed by atoms with van der Waals surface area (Å²) in [5.74, 6) is -0.481. The van der Waals surface area contributed by atoms with Gasteiger partial charge in [0, 0.05) is 5.92 Å². The van der Waals surface area contributed by atoms with Crippen LogP contribution in [0, 0.1) is 5.92 Å². The molecule has 0 N–H and O–H groups in total. The van der Waals surface area contributed by atoms with Crippen LogP contribution in [0.15, 0.2) is 0 Å². The van der Waals surface area contributed by atoms with Crippen LogP contribution in [0.3, 0.4) is 0 Å². The van der Waals surface area contributed by atoms with Crippen molar-refractivity contribution in [1.29, 1.82) is 0 Å². The summed E-state index contributed by atoms with van der Waals surface area (Å²) in [6.07, 6.45) is -0.759. The Morgan fingerprint density at radius 1 is 0.800 bits per heavy atom. The van der Waals surface area contributed by atoms with Gasteiger partial charge in [-0.3, -0.25) is 0 Å². The van der Waals surface area contributed by atoms with Gasteiger partial charge in [-0.1, -0.05) is 0 Å². The Bertz CT molecular complexity index is 422. The average molecular weight is 260 g/mol. The molecule has 2 heterocycles. The fourth-order valence-corrected chi connectivity index (χ4v) is 2.83. The van der Waals surface area contributed by atoms with Crippen molar-refractivity contribution in [2.45, 2.75) is 6.10 Å². The van der Waals surface area contributed by atoms with Crippen LogP contribution in [-0.4, -0.2) is 42.8 Å². The van der Waals surface area contributed by atoms with Gasteiger partial charge in [-0.15, -0.1) is 0 Å². The lowest BCUT2D eigenvalue weighted by atomic mass is 10.1. The van der Waals surface area contributed by atoms with Gasteiger partial charge in [0.05, 0.1) is 19.8 Å². The van der Waals surface area contributed by atoms with E-state index in [0.717, 1.165) is 0 Å². The van der Waals surface area contributed by atoms with E-state index in [9.17, 15) is 16.8 Å². The highest BCUT2D eigenvalue weighted by atomic mass is 32.3. The monoisotopic (exact) mass is 260 g/mol. The molecule has 0 aromatic carbocycles. The molecule has 2 saturated heterocycles. The van der Waals surface area contributed by atoms with E-state index in [1.54, 1.807) is 0 Å². The van der Waals surface area contributed by atoms with E-state index in [4.69, 9.17) is 0 Å². The minimum absolute atomic E-state index is 0.153. The smallest absolute Gasteiger partial charge is 0.248 e. The molecule has 15 heavy (non-hydrogen) atoms. The van der Waals surface area contributed by atoms with Crippen LogP contribution in [0.25, 0.3) is 0 Å². The number of rotatable bonds is 1. The predicted molar refractivity (Wildman–Crippen MR) is 44.1 cm³/mol. The largest absolute Gasteiger partial charge is 0.400 e. The second-order valence-corrected chi connectivity index (χ2v) is 5.60. The van der Waals surface area contributed by atoms with Gasteiger partial charge in [-0.25, -0.2) is 16.7 Å². The topological polar surface area (TPSA) is 105 Å². The highest BCUT2D eigenvalue weighted by Crippen LogP contribution is 2.24. The van der Waals surface area contributed by atoms with Gasteiger partial charge in [0.1, 0.15) is 6.10 Å². The SMILES string of the molecule is O=S1(=O)OCC(C2COS(=O)(=O)O2)CO1. The number of hydrogen-bond donors (Lipinski definition) is 0. The zero-order chi connectivity index (χ0) is 11.1. The maximum absolute atomic E-state index is 10.8. The molecule has 0 aromatic heterocycles. The first-order valence-electron chi connectivity index (χ1n) is 3.99. The van der Waals surface area contributed by atoms with Crippen molar-refractivity contribution < 1.29 is 33.6 Å². The molecule has 0 aromatic rings. The van der Waals surface area contributed by atoms with Crippen molar-refractivity contribution in [3.8, 4) is 0 Å². The molecule has 0 spiro atoms. The van der Waals surface area contributed by atoms with E-state index in [2.05, 4.69) is 16.7 Å². The maximum atomic E-state index is 10.8. The maximum Gasteiger partial charge on any atom is 0.400 e. The number of hydrogen-bond acceptors (Lipinski definition) is 8. The summed E-state index contributed by atoms with van der Waals surface area (Å²) in [5, 5.41) is 0. The van der Waals surface area contributed by atoms with Crippen LogP contribution < -0.4 is 0 Å². The molecular weight excluding hydrogens is 252 g/mol. The van der Waals surface area contributed by atoms with E-state index >= 15 is 0 Å².